The highest BCUT2D eigenvalue weighted by atomic mass is 16.5. The van der Waals surface area contributed by atoms with Crippen molar-refractivity contribution in [2.24, 2.45) is 5.92 Å². The minimum atomic E-state index is -0.857. The van der Waals surface area contributed by atoms with Crippen LogP contribution in [0.2, 0.25) is 0 Å². The van der Waals surface area contributed by atoms with Crippen LogP contribution in [0.1, 0.15) is 62.7 Å². The molecule has 0 radical (unpaired) electrons. The van der Waals surface area contributed by atoms with E-state index in [9.17, 15) is 19.2 Å². The number of rotatable bonds is 7. The van der Waals surface area contributed by atoms with Crippen molar-refractivity contribution in [2.75, 3.05) is 18.5 Å². The summed E-state index contributed by atoms with van der Waals surface area (Å²) in [6.07, 6.45) is 4.71. The molecule has 8 heteroatoms. The zero-order valence-electron chi connectivity index (χ0n) is 17.5. The van der Waals surface area contributed by atoms with Gasteiger partial charge in [-0.25, -0.2) is 9.59 Å². The number of urea groups is 1. The standard InChI is InChI=1S/C22H29N3O5/c1-3-4-13-30-19(27)16-5-7-17(8-6-16)23-18(26)14-25-20(28)22(24-21(25)29)11-9-15(2)10-12-22/h5-8,15H,3-4,9-14H2,1-2H3,(H,23,26)(H,24,29). The van der Waals surface area contributed by atoms with Crippen molar-refractivity contribution in [1.29, 1.82) is 0 Å². The molecule has 1 saturated heterocycles. The Morgan fingerprint density at radius 2 is 1.87 bits per heavy atom. The number of imide groups is 1. The van der Waals surface area contributed by atoms with Crippen LogP contribution in [0.4, 0.5) is 10.5 Å². The highest BCUT2D eigenvalue weighted by Crippen LogP contribution is 2.36. The van der Waals surface area contributed by atoms with Gasteiger partial charge in [0.2, 0.25) is 5.91 Å². The second-order valence-corrected chi connectivity index (χ2v) is 8.20. The summed E-state index contributed by atoms with van der Waals surface area (Å²) in [5.74, 6) is -0.671. The summed E-state index contributed by atoms with van der Waals surface area (Å²) >= 11 is 0. The number of hydrogen-bond acceptors (Lipinski definition) is 5. The smallest absolute Gasteiger partial charge is 0.338 e. The Morgan fingerprint density at radius 3 is 2.50 bits per heavy atom. The molecule has 1 heterocycles. The van der Waals surface area contributed by atoms with Gasteiger partial charge in [-0.05, 0) is 62.3 Å². The maximum absolute atomic E-state index is 12.8. The second-order valence-electron chi connectivity index (χ2n) is 8.20. The fraction of sp³-hybridized carbons (Fsp3) is 0.545. The molecule has 3 rings (SSSR count). The third-order valence-electron chi connectivity index (χ3n) is 5.81. The van der Waals surface area contributed by atoms with E-state index < -0.39 is 23.4 Å². The molecule has 2 N–H and O–H groups in total. The quantitative estimate of drug-likeness (QED) is 0.405. The molecular weight excluding hydrogens is 386 g/mol. The van der Waals surface area contributed by atoms with E-state index in [0.29, 0.717) is 36.6 Å². The largest absolute Gasteiger partial charge is 0.462 e. The first-order valence-electron chi connectivity index (χ1n) is 10.6. The highest BCUT2D eigenvalue weighted by Gasteiger charge is 2.52. The Hall–Kier alpha value is -2.90. The van der Waals surface area contributed by atoms with Crippen LogP contribution in [0.25, 0.3) is 0 Å². The summed E-state index contributed by atoms with van der Waals surface area (Å²) in [7, 11) is 0. The number of ether oxygens (including phenoxy) is 1. The van der Waals surface area contributed by atoms with E-state index in [0.717, 1.165) is 30.6 Å². The lowest BCUT2D eigenvalue weighted by molar-refractivity contribution is -0.135. The topological polar surface area (TPSA) is 105 Å². The van der Waals surface area contributed by atoms with E-state index in [-0.39, 0.29) is 12.5 Å². The van der Waals surface area contributed by atoms with Crippen LogP contribution >= 0.6 is 0 Å². The summed E-state index contributed by atoms with van der Waals surface area (Å²) in [6, 6.07) is 5.79. The number of carbonyl (C=O) groups is 4. The lowest BCUT2D eigenvalue weighted by atomic mass is 9.77. The van der Waals surface area contributed by atoms with E-state index in [2.05, 4.69) is 17.6 Å². The summed E-state index contributed by atoms with van der Waals surface area (Å²) in [4.78, 5) is 50.5. The van der Waals surface area contributed by atoms with Gasteiger partial charge in [0.1, 0.15) is 12.1 Å². The number of nitrogens with one attached hydrogen (secondary N) is 2. The fourth-order valence-corrected chi connectivity index (χ4v) is 3.84. The Balaban J connectivity index is 1.55. The molecule has 0 aromatic heterocycles. The number of esters is 1. The van der Waals surface area contributed by atoms with Crippen molar-refractivity contribution >= 4 is 29.5 Å². The van der Waals surface area contributed by atoms with Crippen LogP contribution < -0.4 is 10.6 Å². The number of amides is 4. The minimum Gasteiger partial charge on any atom is -0.462 e. The van der Waals surface area contributed by atoms with Gasteiger partial charge < -0.3 is 15.4 Å². The van der Waals surface area contributed by atoms with E-state index in [1.165, 1.54) is 0 Å². The number of hydrogen-bond donors (Lipinski definition) is 2. The molecular formula is C22H29N3O5. The molecule has 2 fully saturated rings. The highest BCUT2D eigenvalue weighted by molar-refractivity contribution is 6.10. The molecule has 162 valence electrons. The van der Waals surface area contributed by atoms with Gasteiger partial charge in [-0.3, -0.25) is 14.5 Å². The first-order chi connectivity index (χ1) is 14.3. The minimum absolute atomic E-state index is 0.320. The van der Waals surface area contributed by atoms with Crippen molar-refractivity contribution in [1.82, 2.24) is 10.2 Å². The molecule has 4 amide bonds. The van der Waals surface area contributed by atoms with Crippen LogP contribution in [0.15, 0.2) is 24.3 Å². The van der Waals surface area contributed by atoms with Gasteiger partial charge in [0.15, 0.2) is 0 Å². The van der Waals surface area contributed by atoms with Crippen molar-refractivity contribution in [3.05, 3.63) is 29.8 Å². The predicted molar refractivity (Wildman–Crippen MR) is 111 cm³/mol. The van der Waals surface area contributed by atoms with Gasteiger partial charge in [0, 0.05) is 5.69 Å². The number of benzene rings is 1. The van der Waals surface area contributed by atoms with Crippen LogP contribution in [0.3, 0.4) is 0 Å². The monoisotopic (exact) mass is 415 g/mol. The first-order valence-corrected chi connectivity index (χ1v) is 10.6. The molecule has 0 atom stereocenters. The van der Waals surface area contributed by atoms with E-state index in [1.807, 2.05) is 6.92 Å². The van der Waals surface area contributed by atoms with Gasteiger partial charge in [0.25, 0.3) is 5.91 Å². The number of anilines is 1. The first kappa shape index (κ1) is 21.8. The van der Waals surface area contributed by atoms with Crippen LogP contribution in [-0.2, 0) is 14.3 Å². The molecule has 30 heavy (non-hydrogen) atoms. The Kier molecular flexibility index (Phi) is 6.74. The molecule has 0 unspecified atom stereocenters. The van der Waals surface area contributed by atoms with Crippen molar-refractivity contribution in [3.63, 3.8) is 0 Å². The summed E-state index contributed by atoms with van der Waals surface area (Å²) in [5.41, 5.74) is 0.00829. The second kappa shape index (κ2) is 9.28. The SMILES string of the molecule is CCCCOC(=O)c1ccc(NC(=O)CN2C(=O)NC3(CCC(C)CC3)C2=O)cc1. The summed E-state index contributed by atoms with van der Waals surface area (Å²) in [6.45, 7) is 4.18. The van der Waals surface area contributed by atoms with Crippen molar-refractivity contribution in [2.45, 2.75) is 57.9 Å². The van der Waals surface area contributed by atoms with Crippen molar-refractivity contribution < 1.29 is 23.9 Å². The third-order valence-corrected chi connectivity index (χ3v) is 5.81. The Bertz CT molecular complexity index is 813. The maximum atomic E-state index is 12.8. The lowest BCUT2D eigenvalue weighted by Gasteiger charge is -2.33. The average molecular weight is 415 g/mol. The maximum Gasteiger partial charge on any atom is 0.338 e. The molecule has 2 aliphatic rings. The zero-order valence-corrected chi connectivity index (χ0v) is 17.5. The molecule has 1 saturated carbocycles. The molecule has 1 aliphatic heterocycles. The number of carbonyl (C=O) groups excluding carboxylic acids is 4. The zero-order chi connectivity index (χ0) is 21.7. The van der Waals surface area contributed by atoms with Crippen LogP contribution in [-0.4, -0.2) is 47.4 Å². The molecule has 0 bridgehead atoms. The molecule has 1 aromatic carbocycles. The van der Waals surface area contributed by atoms with Crippen LogP contribution in [0, 0.1) is 5.92 Å². The summed E-state index contributed by atoms with van der Waals surface area (Å²) in [5, 5.41) is 5.47. The Morgan fingerprint density at radius 1 is 1.20 bits per heavy atom. The van der Waals surface area contributed by atoms with Gasteiger partial charge in [-0.2, -0.15) is 0 Å². The predicted octanol–water partition coefficient (Wildman–Crippen LogP) is 3.08. The number of unbranched alkanes of at least 4 members (excludes halogenated alkanes) is 1. The number of nitrogens with zero attached hydrogens (tertiary/aromatic N) is 1. The average Bonchev–Trinajstić information content (AvgIpc) is 2.95. The fourth-order valence-electron chi connectivity index (χ4n) is 3.84. The third kappa shape index (κ3) is 4.80. The van der Waals surface area contributed by atoms with Gasteiger partial charge in [-0.15, -0.1) is 0 Å². The van der Waals surface area contributed by atoms with Gasteiger partial charge >= 0.3 is 12.0 Å². The van der Waals surface area contributed by atoms with Crippen molar-refractivity contribution in [3.8, 4) is 0 Å². The van der Waals surface area contributed by atoms with Gasteiger partial charge in [-0.1, -0.05) is 20.3 Å². The normalized spacial score (nSPS) is 23.4. The van der Waals surface area contributed by atoms with E-state index in [4.69, 9.17) is 4.74 Å². The molecule has 1 spiro atoms. The van der Waals surface area contributed by atoms with E-state index in [1.54, 1.807) is 24.3 Å². The molecule has 1 aromatic rings. The van der Waals surface area contributed by atoms with E-state index >= 15 is 0 Å². The molecule has 1 aliphatic carbocycles. The molecule has 8 nitrogen and oxygen atoms in total. The van der Waals surface area contributed by atoms with Crippen LogP contribution in [0.5, 0.6) is 0 Å². The summed E-state index contributed by atoms with van der Waals surface area (Å²) < 4.78 is 5.15. The van der Waals surface area contributed by atoms with Gasteiger partial charge in [0.05, 0.1) is 12.2 Å². The Labute approximate surface area is 176 Å². The lowest BCUT2D eigenvalue weighted by Crippen LogP contribution is -2.49.